The molecule has 2 aromatic carbocycles. The molecule has 0 amide bonds. The molecule has 2 aromatic rings. The highest BCUT2D eigenvalue weighted by atomic mass is 19.4. The molecular weight excluding hydrogens is 297 g/mol. The normalized spacial score (nSPS) is 11.1. The van der Waals surface area contributed by atoms with Gasteiger partial charge in [-0.05, 0) is 30.3 Å². The van der Waals surface area contributed by atoms with Crippen LogP contribution in [-0.2, 0) is 6.18 Å². The molecule has 3 nitrogen and oxygen atoms in total. The number of rotatable bonds is 4. The summed E-state index contributed by atoms with van der Waals surface area (Å²) in [4.78, 5) is 12.3. The molecule has 0 aliphatic rings. The monoisotopic (exact) mass is 310 g/mol. The van der Waals surface area contributed by atoms with E-state index in [0.717, 1.165) is 12.1 Å². The summed E-state index contributed by atoms with van der Waals surface area (Å²) in [6.45, 7) is 0. The summed E-state index contributed by atoms with van der Waals surface area (Å²) in [5.41, 5.74) is -0.683. The Hall–Kier alpha value is -2.50. The van der Waals surface area contributed by atoms with E-state index in [1.165, 1.54) is 44.6 Å². The highest BCUT2D eigenvalue weighted by molar-refractivity contribution is 6.09. The predicted molar refractivity (Wildman–Crippen MR) is 74.4 cm³/mol. The summed E-state index contributed by atoms with van der Waals surface area (Å²) in [5.74, 6) is 0.246. The van der Waals surface area contributed by atoms with Crippen LogP contribution in [0.3, 0.4) is 0 Å². The summed E-state index contributed by atoms with van der Waals surface area (Å²) in [6, 6.07) is 8.74. The lowest BCUT2D eigenvalue weighted by atomic mass is 10.0. The fourth-order valence-electron chi connectivity index (χ4n) is 1.98. The molecule has 0 fully saturated rings. The van der Waals surface area contributed by atoms with Gasteiger partial charge in [-0.15, -0.1) is 0 Å². The lowest BCUT2D eigenvalue weighted by Crippen LogP contribution is -2.08. The average molecular weight is 310 g/mol. The predicted octanol–water partition coefficient (Wildman–Crippen LogP) is 3.95. The molecule has 0 aromatic heterocycles. The smallest absolute Gasteiger partial charge is 0.416 e. The van der Waals surface area contributed by atoms with E-state index >= 15 is 0 Å². The van der Waals surface area contributed by atoms with Gasteiger partial charge in [0, 0.05) is 11.1 Å². The summed E-state index contributed by atoms with van der Waals surface area (Å²) >= 11 is 0. The SMILES string of the molecule is COc1ccc(C(=O)c2cccc(C(F)(F)F)c2)cc1OC. The van der Waals surface area contributed by atoms with Gasteiger partial charge < -0.3 is 9.47 Å². The number of alkyl halides is 3. The van der Waals surface area contributed by atoms with E-state index < -0.39 is 17.5 Å². The van der Waals surface area contributed by atoms with Crippen molar-refractivity contribution in [1.29, 1.82) is 0 Å². The van der Waals surface area contributed by atoms with E-state index in [4.69, 9.17) is 9.47 Å². The molecule has 0 aliphatic carbocycles. The molecule has 0 spiro atoms. The number of hydrogen-bond acceptors (Lipinski definition) is 3. The van der Waals surface area contributed by atoms with Gasteiger partial charge in [-0.3, -0.25) is 4.79 Å². The van der Waals surface area contributed by atoms with Crippen LogP contribution in [0.2, 0.25) is 0 Å². The number of ether oxygens (including phenoxy) is 2. The lowest BCUT2D eigenvalue weighted by Gasteiger charge is -2.10. The molecule has 0 bridgehead atoms. The first kappa shape index (κ1) is 15.9. The highest BCUT2D eigenvalue weighted by Gasteiger charge is 2.31. The Balaban J connectivity index is 2.40. The number of carbonyl (C=O) groups is 1. The minimum absolute atomic E-state index is 0.0398. The summed E-state index contributed by atoms with van der Waals surface area (Å²) in [6.07, 6.45) is -4.49. The van der Waals surface area contributed by atoms with Gasteiger partial charge in [0.05, 0.1) is 19.8 Å². The lowest BCUT2D eigenvalue weighted by molar-refractivity contribution is -0.137. The second-order valence-corrected chi connectivity index (χ2v) is 4.48. The number of carbonyl (C=O) groups excluding carboxylic acids is 1. The van der Waals surface area contributed by atoms with Crippen molar-refractivity contribution in [3.63, 3.8) is 0 Å². The van der Waals surface area contributed by atoms with Crippen LogP contribution in [-0.4, -0.2) is 20.0 Å². The van der Waals surface area contributed by atoms with Crippen LogP contribution in [0.25, 0.3) is 0 Å². The van der Waals surface area contributed by atoms with Crippen molar-refractivity contribution in [2.75, 3.05) is 14.2 Å². The van der Waals surface area contributed by atoms with Crippen molar-refractivity contribution >= 4 is 5.78 Å². The van der Waals surface area contributed by atoms with Gasteiger partial charge in [-0.2, -0.15) is 13.2 Å². The molecule has 0 radical (unpaired) electrons. The van der Waals surface area contributed by atoms with E-state index in [1.54, 1.807) is 0 Å². The standard InChI is InChI=1S/C16H13F3O3/c1-21-13-7-6-11(9-14(13)22-2)15(20)10-4-3-5-12(8-10)16(17,18)19/h3-9H,1-2H3. The number of halogens is 3. The number of hydrogen-bond donors (Lipinski definition) is 0. The maximum Gasteiger partial charge on any atom is 0.416 e. The van der Waals surface area contributed by atoms with Gasteiger partial charge in [0.25, 0.3) is 0 Å². The van der Waals surface area contributed by atoms with Crippen molar-refractivity contribution in [3.05, 3.63) is 59.2 Å². The van der Waals surface area contributed by atoms with Crippen LogP contribution < -0.4 is 9.47 Å². The molecule has 0 saturated heterocycles. The Morgan fingerprint density at radius 2 is 1.55 bits per heavy atom. The quantitative estimate of drug-likeness (QED) is 0.802. The van der Waals surface area contributed by atoms with Crippen LogP contribution in [0.1, 0.15) is 21.5 Å². The maximum absolute atomic E-state index is 12.7. The van der Waals surface area contributed by atoms with Gasteiger partial charge in [0.15, 0.2) is 17.3 Å². The van der Waals surface area contributed by atoms with E-state index in [2.05, 4.69) is 0 Å². The van der Waals surface area contributed by atoms with Crippen molar-refractivity contribution in [1.82, 2.24) is 0 Å². The summed E-state index contributed by atoms with van der Waals surface area (Å²) < 4.78 is 48.2. The zero-order valence-corrected chi connectivity index (χ0v) is 11.9. The molecule has 6 heteroatoms. The third-order valence-corrected chi connectivity index (χ3v) is 3.10. The van der Waals surface area contributed by atoms with Gasteiger partial charge in [-0.1, -0.05) is 12.1 Å². The van der Waals surface area contributed by atoms with E-state index in [9.17, 15) is 18.0 Å². The van der Waals surface area contributed by atoms with E-state index in [-0.39, 0.29) is 11.1 Å². The fourth-order valence-corrected chi connectivity index (χ4v) is 1.98. The molecule has 0 N–H and O–H groups in total. The maximum atomic E-state index is 12.7. The third-order valence-electron chi connectivity index (χ3n) is 3.10. The molecular formula is C16H13F3O3. The van der Waals surface area contributed by atoms with Crippen LogP contribution >= 0.6 is 0 Å². The van der Waals surface area contributed by atoms with E-state index in [0.29, 0.717) is 11.5 Å². The minimum atomic E-state index is -4.49. The first-order chi connectivity index (χ1) is 10.4. The number of ketones is 1. The zero-order valence-electron chi connectivity index (χ0n) is 11.9. The molecule has 116 valence electrons. The zero-order chi connectivity index (χ0) is 16.3. The number of methoxy groups -OCH3 is 2. The largest absolute Gasteiger partial charge is 0.493 e. The van der Waals surface area contributed by atoms with Gasteiger partial charge >= 0.3 is 6.18 Å². The van der Waals surface area contributed by atoms with Crippen molar-refractivity contribution in [3.8, 4) is 11.5 Å². The Labute approximate surface area is 125 Å². The molecule has 0 aliphatic heterocycles. The van der Waals surface area contributed by atoms with Crippen LogP contribution in [0.15, 0.2) is 42.5 Å². The molecule has 22 heavy (non-hydrogen) atoms. The molecule has 0 unspecified atom stereocenters. The van der Waals surface area contributed by atoms with Gasteiger partial charge in [0.1, 0.15) is 0 Å². The first-order valence-electron chi connectivity index (χ1n) is 6.31. The Bertz CT molecular complexity index is 693. The van der Waals surface area contributed by atoms with Crippen LogP contribution in [0.4, 0.5) is 13.2 Å². The molecule has 0 heterocycles. The minimum Gasteiger partial charge on any atom is -0.493 e. The van der Waals surface area contributed by atoms with Crippen molar-refractivity contribution in [2.24, 2.45) is 0 Å². The second kappa shape index (κ2) is 6.09. The number of benzene rings is 2. The van der Waals surface area contributed by atoms with Crippen molar-refractivity contribution < 1.29 is 27.4 Å². The first-order valence-corrected chi connectivity index (χ1v) is 6.31. The Morgan fingerprint density at radius 1 is 0.909 bits per heavy atom. The summed E-state index contributed by atoms with van der Waals surface area (Å²) in [5, 5.41) is 0. The summed E-state index contributed by atoms with van der Waals surface area (Å²) in [7, 11) is 2.86. The van der Waals surface area contributed by atoms with Crippen LogP contribution in [0, 0.1) is 0 Å². The second-order valence-electron chi connectivity index (χ2n) is 4.48. The van der Waals surface area contributed by atoms with Gasteiger partial charge in [-0.25, -0.2) is 0 Å². The van der Waals surface area contributed by atoms with Gasteiger partial charge in [0.2, 0.25) is 0 Å². The highest BCUT2D eigenvalue weighted by Crippen LogP contribution is 2.31. The molecule has 0 saturated carbocycles. The molecule has 2 rings (SSSR count). The topological polar surface area (TPSA) is 35.5 Å². The third kappa shape index (κ3) is 3.21. The van der Waals surface area contributed by atoms with Crippen LogP contribution in [0.5, 0.6) is 11.5 Å². The van der Waals surface area contributed by atoms with E-state index in [1.807, 2.05) is 0 Å². The molecule has 0 atom stereocenters. The average Bonchev–Trinajstić information content (AvgIpc) is 2.52. The van der Waals surface area contributed by atoms with Crippen molar-refractivity contribution in [2.45, 2.75) is 6.18 Å². The fraction of sp³-hybridized carbons (Fsp3) is 0.188. The Morgan fingerprint density at radius 3 is 2.14 bits per heavy atom. The Kier molecular flexibility index (Phi) is 4.40.